The summed E-state index contributed by atoms with van der Waals surface area (Å²) < 4.78 is 39.5. The molecule has 2 N–H and O–H groups in total. The van der Waals surface area contributed by atoms with E-state index < -0.39 is 7.82 Å². The first kappa shape index (κ1) is 44.2. The van der Waals surface area contributed by atoms with Crippen LogP contribution in [-0.2, 0) is 20.2 Å². The molecule has 0 spiro atoms. The average Bonchev–Trinajstić information content (AvgIpc) is 3.83. The number of hydrogen-bond acceptors (Lipinski definition) is 10. The third-order valence-corrected chi connectivity index (χ3v) is 13.7. The second-order valence-corrected chi connectivity index (χ2v) is 20.7. The monoisotopic (exact) mass is 890 g/mol. The van der Waals surface area contributed by atoms with Crippen molar-refractivity contribution in [3.05, 3.63) is 120 Å². The summed E-state index contributed by atoms with van der Waals surface area (Å²) >= 11 is 1.68. The molecule has 0 aliphatic carbocycles. The van der Waals surface area contributed by atoms with E-state index in [1.54, 1.807) is 23.9 Å². The molecule has 6 aromatic carbocycles. The molecule has 3 aliphatic heterocycles. The third-order valence-electron chi connectivity index (χ3n) is 11.6. The smallest absolute Gasteiger partial charge is 0.372 e. The van der Waals surface area contributed by atoms with Crippen LogP contribution in [0.25, 0.3) is 32.7 Å². The molecule has 63 heavy (non-hydrogen) atoms. The van der Waals surface area contributed by atoms with Gasteiger partial charge in [0.25, 0.3) is 0 Å². The molecule has 2 atom stereocenters. The summed E-state index contributed by atoms with van der Waals surface area (Å²) in [6.07, 6.45) is 0.912. The quantitative estimate of drug-likeness (QED) is 0.136. The molecule has 1 unspecified atom stereocenters. The van der Waals surface area contributed by atoms with Gasteiger partial charge in [0.2, 0.25) is 12.7 Å². The molecular formula is C50H55N2O9PS. The van der Waals surface area contributed by atoms with Crippen LogP contribution in [0.5, 0.6) is 34.5 Å². The number of ether oxygens (including phenoxy) is 3. The Bertz CT molecular complexity index is 2600. The van der Waals surface area contributed by atoms with Gasteiger partial charge in [0, 0.05) is 30.2 Å². The fourth-order valence-electron chi connectivity index (χ4n) is 8.33. The molecule has 0 saturated carbocycles. The van der Waals surface area contributed by atoms with Gasteiger partial charge in [-0.1, -0.05) is 102 Å². The van der Waals surface area contributed by atoms with Gasteiger partial charge in [-0.2, -0.15) is 0 Å². The number of nitrogens with zero attached hydrogens (tertiary/aromatic N) is 1. The standard InChI is InChI=1S/C30H42N2O5S.C20H13O4P/c1-29(2,3)22-15-20(16-23(27(22)34)30(4,5)6)28-32(26(33)18-38-28)12-8-11-31(7)13-14-35-21-9-10-24-25(17-21)37-19-36-24;21-25(22)23-17-11-9-13-5-1-3-7-15(13)19(17)20-16-8-4-2-6-14(16)10-12-18(20)24-25/h9-10,15-17,28,34H,8,11-14,18-19H2,1-7H3;1-12H,(H,21,22)/t28-;/m0./s1. The van der Waals surface area contributed by atoms with Crippen molar-refractivity contribution < 1.29 is 47.5 Å². The molecule has 1 amide bonds. The number of quaternary nitrogens is 1. The number of hydrogen-bond donors (Lipinski definition) is 2. The minimum absolute atomic E-state index is 0.0278. The number of aromatic hydroxyl groups is 1. The lowest BCUT2D eigenvalue weighted by Gasteiger charge is -2.31. The van der Waals surface area contributed by atoms with Crippen molar-refractivity contribution in [3.63, 3.8) is 0 Å². The highest BCUT2D eigenvalue weighted by molar-refractivity contribution is 8.00. The third kappa shape index (κ3) is 9.60. The van der Waals surface area contributed by atoms with Crippen LogP contribution in [-0.4, -0.2) is 61.7 Å². The molecule has 3 aliphatic rings. The molecular weight excluding hydrogens is 836 g/mol. The Labute approximate surface area is 373 Å². The Kier molecular flexibility index (Phi) is 12.4. The molecule has 1 saturated heterocycles. The Morgan fingerprint density at radius 2 is 1.33 bits per heavy atom. The normalized spacial score (nSPS) is 16.9. The Morgan fingerprint density at radius 3 is 1.92 bits per heavy atom. The average molecular weight is 891 g/mol. The van der Waals surface area contributed by atoms with Crippen molar-refractivity contribution in [3.8, 4) is 45.6 Å². The predicted molar refractivity (Wildman–Crippen MR) is 247 cm³/mol. The Morgan fingerprint density at radius 1 is 0.778 bits per heavy atom. The lowest BCUT2D eigenvalue weighted by molar-refractivity contribution is -0.879. The zero-order chi connectivity index (χ0) is 44.7. The number of benzene rings is 6. The summed E-state index contributed by atoms with van der Waals surface area (Å²) in [5.74, 6) is 3.89. The van der Waals surface area contributed by atoms with Crippen LogP contribution in [0.2, 0.25) is 0 Å². The lowest BCUT2D eigenvalue weighted by Crippen LogP contribution is -3.09. The van der Waals surface area contributed by atoms with Gasteiger partial charge < -0.3 is 43.1 Å². The van der Waals surface area contributed by atoms with Gasteiger partial charge in [-0.05, 0) is 85.5 Å². The van der Waals surface area contributed by atoms with Crippen LogP contribution >= 0.6 is 19.6 Å². The van der Waals surface area contributed by atoms with E-state index in [-0.39, 0.29) is 40.4 Å². The number of carbonyl (C=O) groups is 1. The van der Waals surface area contributed by atoms with Gasteiger partial charge >= 0.3 is 7.82 Å². The van der Waals surface area contributed by atoms with Crippen molar-refractivity contribution in [2.45, 2.75) is 64.2 Å². The van der Waals surface area contributed by atoms with E-state index in [2.05, 4.69) is 60.7 Å². The van der Waals surface area contributed by atoms with Crippen LogP contribution in [0.4, 0.5) is 0 Å². The molecule has 13 heteroatoms. The summed E-state index contributed by atoms with van der Waals surface area (Å²) in [6, 6.07) is 32.6. The number of fused-ring (bicyclic) bond motifs is 8. The minimum Gasteiger partial charge on any atom is -0.736 e. The van der Waals surface area contributed by atoms with E-state index in [1.165, 1.54) is 4.90 Å². The summed E-state index contributed by atoms with van der Waals surface area (Å²) in [7, 11) is -2.34. The zero-order valence-corrected chi connectivity index (χ0v) is 38.6. The largest absolute Gasteiger partial charge is 0.736 e. The molecule has 1 fully saturated rings. The fraction of sp³-hybridized carbons (Fsp3) is 0.340. The first-order chi connectivity index (χ1) is 30.0. The second kappa shape index (κ2) is 17.6. The van der Waals surface area contributed by atoms with Crippen molar-refractivity contribution in [1.82, 2.24) is 4.90 Å². The van der Waals surface area contributed by atoms with Crippen molar-refractivity contribution >= 4 is 47.0 Å². The van der Waals surface area contributed by atoms with E-state index in [9.17, 15) is 19.4 Å². The van der Waals surface area contributed by atoms with Gasteiger partial charge in [-0.25, -0.2) is 4.57 Å². The van der Waals surface area contributed by atoms with E-state index in [4.69, 9.17) is 23.3 Å². The zero-order valence-electron chi connectivity index (χ0n) is 36.9. The lowest BCUT2D eigenvalue weighted by atomic mass is 9.78. The molecule has 0 bridgehead atoms. The van der Waals surface area contributed by atoms with Crippen LogP contribution in [0, 0.1) is 0 Å². The number of nitrogens with one attached hydrogen (secondary N) is 1. The highest BCUT2D eigenvalue weighted by Crippen LogP contribution is 2.55. The summed E-state index contributed by atoms with van der Waals surface area (Å²) in [5, 5.41) is 14.9. The molecule has 330 valence electrons. The number of thioether (sulfide) groups is 1. The van der Waals surface area contributed by atoms with Crippen LogP contribution in [0.1, 0.15) is 70.0 Å². The topological polar surface area (TPSA) is 131 Å². The Balaban J connectivity index is 0.000000187. The van der Waals surface area contributed by atoms with Crippen molar-refractivity contribution in [1.29, 1.82) is 0 Å². The first-order valence-electron chi connectivity index (χ1n) is 21.3. The molecule has 3 heterocycles. The highest BCUT2D eigenvalue weighted by Gasteiger charge is 2.36. The van der Waals surface area contributed by atoms with E-state index in [0.29, 0.717) is 24.7 Å². The highest BCUT2D eigenvalue weighted by atomic mass is 32.2. The number of phenols is 1. The maximum atomic E-state index is 12.9. The summed E-state index contributed by atoms with van der Waals surface area (Å²) in [4.78, 5) is 28.5. The van der Waals surface area contributed by atoms with Crippen molar-refractivity contribution in [2.24, 2.45) is 0 Å². The Hall–Kier alpha value is -5.39. The minimum atomic E-state index is -4.50. The molecule has 6 aromatic rings. The fourth-order valence-corrected chi connectivity index (χ4v) is 10.4. The van der Waals surface area contributed by atoms with Gasteiger partial charge in [-0.3, -0.25) is 4.79 Å². The van der Waals surface area contributed by atoms with E-state index in [0.717, 1.165) is 86.1 Å². The van der Waals surface area contributed by atoms with Crippen LogP contribution in [0.3, 0.4) is 0 Å². The van der Waals surface area contributed by atoms with Crippen LogP contribution < -0.4 is 33.1 Å². The number of phosphoric ester groups is 1. The predicted octanol–water partition coefficient (Wildman–Crippen LogP) is 9.17. The van der Waals surface area contributed by atoms with Gasteiger partial charge in [0.1, 0.15) is 41.5 Å². The molecule has 11 nitrogen and oxygen atoms in total. The SMILES string of the molecule is C[NH+](CCCN1C(=O)CS[C@H]1c1cc(C(C)(C)C)c(O)c(C(C)(C)C)c1)CCOc1ccc2c(c1)OCO2.O=P1([O-])Oc2ccc3ccccc3c2-c2c(ccc3ccccc23)O1. The summed E-state index contributed by atoms with van der Waals surface area (Å²) in [6.45, 7) is 16.1. The molecule has 0 aromatic heterocycles. The maximum Gasteiger partial charge on any atom is 0.372 e. The number of carbonyl (C=O) groups excluding carboxylic acids is 1. The van der Waals surface area contributed by atoms with Crippen molar-refractivity contribution in [2.75, 3.05) is 45.8 Å². The van der Waals surface area contributed by atoms with Gasteiger partial charge in [-0.15, -0.1) is 11.8 Å². The number of phosphoric acid groups is 1. The number of phenolic OH excluding ortho intramolecular Hbond substituents is 1. The summed E-state index contributed by atoms with van der Waals surface area (Å²) in [5.41, 5.74) is 4.04. The van der Waals surface area contributed by atoms with Crippen LogP contribution in [0.15, 0.2) is 103 Å². The number of rotatable bonds is 9. The first-order valence-corrected chi connectivity index (χ1v) is 23.8. The molecule has 9 rings (SSSR count). The maximum absolute atomic E-state index is 12.9. The second-order valence-electron chi connectivity index (χ2n) is 18.3. The molecule has 0 radical (unpaired) electrons. The van der Waals surface area contributed by atoms with Gasteiger partial charge in [0.05, 0.1) is 19.3 Å². The number of amides is 1. The van der Waals surface area contributed by atoms with Gasteiger partial charge in [0.15, 0.2) is 11.5 Å². The number of likely N-dealkylation sites (N-methyl/N-ethyl adjacent to an activating group) is 1. The van der Waals surface area contributed by atoms with E-state index in [1.807, 2.05) is 83.8 Å². The van der Waals surface area contributed by atoms with E-state index >= 15 is 0 Å².